The number of nitrogens with one attached hydrogen (secondary N) is 1. The van der Waals surface area contributed by atoms with Crippen LogP contribution in [0.15, 0.2) is 18.2 Å². The number of unbranched alkanes of at least 4 members (excludes halogenated alkanes) is 2. The van der Waals surface area contributed by atoms with Crippen LogP contribution in [0.25, 0.3) is 0 Å². The van der Waals surface area contributed by atoms with Gasteiger partial charge in [0.1, 0.15) is 11.6 Å². The van der Waals surface area contributed by atoms with Crippen LogP contribution in [0.1, 0.15) is 50.6 Å². The third-order valence-corrected chi connectivity index (χ3v) is 5.59. The quantitative estimate of drug-likeness (QED) is 0.596. The molecule has 0 saturated heterocycles. The number of rotatable bonds is 11. The first-order valence-corrected chi connectivity index (χ1v) is 10.2. The van der Waals surface area contributed by atoms with Gasteiger partial charge in [0.2, 0.25) is 10.0 Å². The van der Waals surface area contributed by atoms with E-state index in [0.29, 0.717) is 36.8 Å². The number of halogens is 1. The molecule has 1 aliphatic carbocycles. The highest BCUT2D eigenvalue weighted by atomic mass is 32.2. The lowest BCUT2D eigenvalue weighted by Crippen LogP contribution is -2.29. The van der Waals surface area contributed by atoms with Crippen molar-refractivity contribution in [2.75, 3.05) is 18.9 Å². The summed E-state index contributed by atoms with van der Waals surface area (Å²) in [5.74, 6) is 0.650. The molecule has 1 aromatic carbocycles. The fourth-order valence-electron chi connectivity index (χ4n) is 2.43. The van der Waals surface area contributed by atoms with Crippen LogP contribution in [-0.2, 0) is 10.0 Å². The Hall–Kier alpha value is -1.18. The largest absolute Gasteiger partial charge is 0.493 e. The second-order valence-electron chi connectivity index (χ2n) is 6.48. The second kappa shape index (κ2) is 8.78. The van der Waals surface area contributed by atoms with E-state index in [-0.39, 0.29) is 5.75 Å². The molecule has 0 unspecified atom stereocenters. The van der Waals surface area contributed by atoms with Crippen molar-refractivity contribution in [2.24, 2.45) is 11.7 Å². The summed E-state index contributed by atoms with van der Waals surface area (Å²) in [6, 6.07) is 3.86. The van der Waals surface area contributed by atoms with Crippen LogP contribution in [-0.4, -0.2) is 27.3 Å². The zero-order chi connectivity index (χ0) is 17.6. The average Bonchev–Trinajstić information content (AvgIpc) is 3.33. The zero-order valence-electron chi connectivity index (χ0n) is 14.1. The molecule has 1 aromatic rings. The Labute approximate surface area is 143 Å². The SMILES string of the molecule is C[C@H](NS(=O)(=O)CCCCCN)c1cc(F)cc(OCC2CC2)c1. The van der Waals surface area contributed by atoms with Gasteiger partial charge in [-0.05, 0) is 62.8 Å². The third kappa shape index (κ3) is 6.75. The highest BCUT2D eigenvalue weighted by Crippen LogP contribution is 2.30. The molecule has 5 nitrogen and oxygen atoms in total. The van der Waals surface area contributed by atoms with E-state index in [4.69, 9.17) is 10.5 Å². The van der Waals surface area contributed by atoms with Crippen molar-refractivity contribution in [3.63, 3.8) is 0 Å². The third-order valence-electron chi connectivity index (χ3n) is 4.05. The molecule has 3 N–H and O–H groups in total. The zero-order valence-corrected chi connectivity index (χ0v) is 14.9. The molecule has 0 heterocycles. The Morgan fingerprint density at radius 3 is 2.71 bits per heavy atom. The van der Waals surface area contributed by atoms with Gasteiger partial charge in [-0.2, -0.15) is 0 Å². The average molecular weight is 358 g/mol. The van der Waals surface area contributed by atoms with Crippen LogP contribution in [0.5, 0.6) is 5.75 Å². The van der Waals surface area contributed by atoms with Crippen LogP contribution < -0.4 is 15.2 Å². The molecule has 0 spiro atoms. The number of benzene rings is 1. The fraction of sp³-hybridized carbons (Fsp3) is 0.647. The van der Waals surface area contributed by atoms with Gasteiger partial charge in [-0.15, -0.1) is 0 Å². The van der Waals surface area contributed by atoms with Crippen molar-refractivity contribution in [2.45, 2.75) is 45.1 Å². The molecular weight excluding hydrogens is 331 g/mol. The van der Waals surface area contributed by atoms with Crippen molar-refractivity contribution in [1.29, 1.82) is 0 Å². The monoisotopic (exact) mass is 358 g/mol. The molecular formula is C17H27FN2O3S. The van der Waals surface area contributed by atoms with Crippen molar-refractivity contribution in [1.82, 2.24) is 4.72 Å². The second-order valence-corrected chi connectivity index (χ2v) is 8.36. The Bertz CT molecular complexity index is 633. The van der Waals surface area contributed by atoms with Crippen LogP contribution in [0, 0.1) is 11.7 Å². The molecule has 0 amide bonds. The van der Waals surface area contributed by atoms with E-state index in [1.165, 1.54) is 12.1 Å². The maximum atomic E-state index is 13.8. The molecule has 0 aromatic heterocycles. The van der Waals surface area contributed by atoms with E-state index in [2.05, 4.69) is 4.72 Å². The number of hydrogen-bond acceptors (Lipinski definition) is 4. The predicted octanol–water partition coefficient (Wildman–Crippen LogP) is 2.72. The van der Waals surface area contributed by atoms with E-state index in [0.717, 1.165) is 25.7 Å². The standard InChI is InChI=1S/C17H27FN2O3S/c1-13(20-24(21,22)8-4-2-3-7-19)15-9-16(18)11-17(10-15)23-12-14-5-6-14/h9-11,13-14,20H,2-8,12,19H2,1H3/t13-/m0/s1. The molecule has 2 rings (SSSR count). The predicted molar refractivity (Wildman–Crippen MR) is 92.9 cm³/mol. The van der Waals surface area contributed by atoms with E-state index in [9.17, 15) is 12.8 Å². The molecule has 24 heavy (non-hydrogen) atoms. The minimum atomic E-state index is -3.40. The van der Waals surface area contributed by atoms with E-state index < -0.39 is 21.9 Å². The first kappa shape index (κ1) is 19.1. The van der Waals surface area contributed by atoms with E-state index in [1.807, 2.05) is 0 Å². The van der Waals surface area contributed by atoms with Crippen LogP contribution in [0.2, 0.25) is 0 Å². The lowest BCUT2D eigenvalue weighted by Gasteiger charge is -2.16. The Morgan fingerprint density at radius 2 is 2.04 bits per heavy atom. The van der Waals surface area contributed by atoms with Crippen LogP contribution in [0.4, 0.5) is 4.39 Å². The summed E-state index contributed by atoms with van der Waals surface area (Å²) in [5, 5.41) is 0. The highest BCUT2D eigenvalue weighted by Gasteiger charge is 2.22. The topological polar surface area (TPSA) is 81.4 Å². The fourth-order valence-corrected chi connectivity index (χ4v) is 3.80. The van der Waals surface area contributed by atoms with Crippen molar-refractivity contribution >= 4 is 10.0 Å². The normalized spacial score (nSPS) is 16.1. The van der Waals surface area contributed by atoms with Gasteiger partial charge in [0.25, 0.3) is 0 Å². The number of sulfonamides is 1. The van der Waals surface area contributed by atoms with Crippen LogP contribution in [0.3, 0.4) is 0 Å². The van der Waals surface area contributed by atoms with Gasteiger partial charge in [-0.3, -0.25) is 0 Å². The molecule has 0 aliphatic heterocycles. The summed E-state index contributed by atoms with van der Waals surface area (Å²) in [6.45, 7) is 2.86. The number of nitrogens with two attached hydrogens (primary N) is 1. The summed E-state index contributed by atoms with van der Waals surface area (Å²) in [5.41, 5.74) is 5.96. The molecule has 136 valence electrons. The smallest absolute Gasteiger partial charge is 0.212 e. The first-order chi connectivity index (χ1) is 11.4. The number of hydrogen-bond donors (Lipinski definition) is 2. The summed E-state index contributed by atoms with van der Waals surface area (Å²) in [4.78, 5) is 0. The van der Waals surface area contributed by atoms with Crippen molar-refractivity contribution in [3.8, 4) is 5.75 Å². The van der Waals surface area contributed by atoms with Gasteiger partial charge < -0.3 is 10.5 Å². The van der Waals surface area contributed by atoms with E-state index in [1.54, 1.807) is 13.0 Å². The lowest BCUT2D eigenvalue weighted by atomic mass is 10.1. The van der Waals surface area contributed by atoms with Gasteiger partial charge in [0.05, 0.1) is 12.4 Å². The highest BCUT2D eigenvalue weighted by molar-refractivity contribution is 7.89. The Morgan fingerprint density at radius 1 is 1.29 bits per heavy atom. The Balaban J connectivity index is 1.93. The summed E-state index contributed by atoms with van der Waals surface area (Å²) in [6.07, 6.45) is 4.48. The minimum Gasteiger partial charge on any atom is -0.493 e. The van der Waals surface area contributed by atoms with Crippen molar-refractivity contribution in [3.05, 3.63) is 29.6 Å². The van der Waals surface area contributed by atoms with Gasteiger partial charge in [0, 0.05) is 12.1 Å². The van der Waals surface area contributed by atoms with Gasteiger partial charge in [0.15, 0.2) is 0 Å². The maximum absolute atomic E-state index is 13.8. The summed E-state index contributed by atoms with van der Waals surface area (Å²) >= 11 is 0. The Kier molecular flexibility index (Phi) is 7.01. The first-order valence-electron chi connectivity index (χ1n) is 8.53. The molecule has 1 atom stereocenters. The molecule has 0 radical (unpaired) electrons. The number of ether oxygens (including phenoxy) is 1. The maximum Gasteiger partial charge on any atom is 0.212 e. The van der Waals surface area contributed by atoms with Gasteiger partial charge in [-0.25, -0.2) is 17.5 Å². The van der Waals surface area contributed by atoms with Crippen LogP contribution >= 0.6 is 0 Å². The molecule has 7 heteroatoms. The summed E-state index contributed by atoms with van der Waals surface area (Å²) < 4.78 is 46.2. The summed E-state index contributed by atoms with van der Waals surface area (Å²) in [7, 11) is -3.40. The van der Waals surface area contributed by atoms with Gasteiger partial charge in [-0.1, -0.05) is 6.42 Å². The van der Waals surface area contributed by atoms with Gasteiger partial charge >= 0.3 is 0 Å². The minimum absolute atomic E-state index is 0.0533. The molecule has 0 bridgehead atoms. The van der Waals surface area contributed by atoms with Crippen molar-refractivity contribution < 1.29 is 17.5 Å². The molecule has 1 fully saturated rings. The molecule has 1 saturated carbocycles. The lowest BCUT2D eigenvalue weighted by molar-refractivity contribution is 0.298. The molecule has 1 aliphatic rings. The van der Waals surface area contributed by atoms with E-state index >= 15 is 0 Å².